The van der Waals surface area contributed by atoms with Gasteiger partial charge in [0.15, 0.2) is 22.9 Å². The average molecular weight is 571 g/mol. The first-order valence-electron chi connectivity index (χ1n) is 11.9. The molecule has 40 heavy (non-hydrogen) atoms. The number of furan rings is 1. The molecule has 5 rings (SSSR count). The predicted molar refractivity (Wildman–Crippen MR) is 144 cm³/mol. The third-order valence-corrected chi connectivity index (χ3v) is 6.84. The van der Waals surface area contributed by atoms with Crippen molar-refractivity contribution in [1.29, 1.82) is 0 Å². The Labute approximate surface area is 231 Å². The SMILES string of the molecule is COc1cc(Cl)cc2cc(C(=O)C3=C(O)C(=O)N(c4cccc(C(F)(F)F)c4)C3c3ccc(N(C)C)cc3)oc12. The number of carbonyl (C=O) groups excluding carboxylic acids is 2. The van der Waals surface area contributed by atoms with Gasteiger partial charge in [-0.15, -0.1) is 0 Å². The van der Waals surface area contributed by atoms with Crippen LogP contribution < -0.4 is 14.5 Å². The number of rotatable bonds is 6. The molecule has 0 saturated heterocycles. The summed E-state index contributed by atoms with van der Waals surface area (Å²) in [6.45, 7) is 0. The number of aliphatic hydroxyl groups excluding tert-OH is 1. The van der Waals surface area contributed by atoms with Crippen LogP contribution in [0.3, 0.4) is 0 Å². The van der Waals surface area contributed by atoms with E-state index >= 15 is 0 Å². The van der Waals surface area contributed by atoms with Crippen LogP contribution in [0.25, 0.3) is 11.0 Å². The number of ether oxygens (including phenoxy) is 1. The maximum Gasteiger partial charge on any atom is 0.416 e. The maximum atomic E-state index is 13.9. The van der Waals surface area contributed by atoms with Gasteiger partial charge in [0.1, 0.15) is 0 Å². The number of halogens is 4. The minimum atomic E-state index is -4.68. The molecule has 206 valence electrons. The number of methoxy groups -OCH3 is 1. The molecule has 4 aromatic rings. The molecule has 0 radical (unpaired) electrons. The fourth-order valence-electron chi connectivity index (χ4n) is 4.69. The Balaban J connectivity index is 1.67. The normalized spacial score (nSPS) is 15.7. The first kappa shape index (κ1) is 27.1. The number of anilines is 2. The lowest BCUT2D eigenvalue weighted by Gasteiger charge is -2.27. The Kier molecular flexibility index (Phi) is 6.75. The van der Waals surface area contributed by atoms with E-state index in [4.69, 9.17) is 20.8 Å². The number of hydrogen-bond donors (Lipinski definition) is 1. The summed E-state index contributed by atoms with van der Waals surface area (Å²) >= 11 is 6.14. The molecular weight excluding hydrogens is 549 g/mol. The van der Waals surface area contributed by atoms with Crippen molar-refractivity contribution in [2.75, 3.05) is 31.0 Å². The standard InChI is InChI=1S/C29H22ClF3N2O5/c1-34(2)19-9-7-15(8-10-19)24-23(25(36)21-12-16-11-18(30)14-22(39-3)27(16)40-21)26(37)28(38)35(24)20-6-4-5-17(13-20)29(31,32)33/h4-14,24,37H,1-3H3. The molecule has 3 aromatic carbocycles. The van der Waals surface area contributed by atoms with E-state index in [1.54, 1.807) is 30.3 Å². The molecule has 7 nitrogen and oxygen atoms in total. The number of aliphatic hydroxyl groups is 1. The molecule has 1 unspecified atom stereocenters. The van der Waals surface area contributed by atoms with Gasteiger partial charge in [0, 0.05) is 41.9 Å². The Bertz CT molecular complexity index is 1680. The summed E-state index contributed by atoms with van der Waals surface area (Å²) in [7, 11) is 5.05. The molecule has 0 aliphatic carbocycles. The molecule has 1 N–H and O–H groups in total. The number of carbonyl (C=O) groups is 2. The van der Waals surface area contributed by atoms with Gasteiger partial charge in [-0.1, -0.05) is 29.8 Å². The van der Waals surface area contributed by atoms with Crippen LogP contribution in [0.2, 0.25) is 5.02 Å². The molecule has 1 amide bonds. The predicted octanol–water partition coefficient (Wildman–Crippen LogP) is 6.96. The van der Waals surface area contributed by atoms with Crippen LogP contribution in [0.1, 0.15) is 27.7 Å². The van der Waals surface area contributed by atoms with Gasteiger partial charge < -0.3 is 19.2 Å². The number of amides is 1. The third kappa shape index (κ3) is 4.64. The zero-order chi connectivity index (χ0) is 28.9. The Morgan fingerprint density at radius 2 is 1.77 bits per heavy atom. The van der Waals surface area contributed by atoms with Crippen LogP contribution in [0.5, 0.6) is 5.75 Å². The first-order valence-corrected chi connectivity index (χ1v) is 12.3. The van der Waals surface area contributed by atoms with Crippen molar-refractivity contribution < 1.29 is 37.0 Å². The van der Waals surface area contributed by atoms with E-state index in [0.717, 1.165) is 28.8 Å². The number of fused-ring (bicyclic) bond motifs is 1. The van der Waals surface area contributed by atoms with Gasteiger partial charge >= 0.3 is 6.18 Å². The Morgan fingerprint density at radius 3 is 2.40 bits per heavy atom. The van der Waals surface area contributed by atoms with Gasteiger partial charge in [-0.2, -0.15) is 13.2 Å². The minimum absolute atomic E-state index is 0.145. The van der Waals surface area contributed by atoms with E-state index in [9.17, 15) is 27.9 Å². The quantitative estimate of drug-likeness (QED) is 0.252. The summed E-state index contributed by atoms with van der Waals surface area (Å²) in [5, 5.41) is 11.8. The monoisotopic (exact) mass is 570 g/mol. The van der Waals surface area contributed by atoms with Crippen molar-refractivity contribution in [2.24, 2.45) is 0 Å². The molecule has 11 heteroatoms. The topological polar surface area (TPSA) is 83.2 Å². The number of ketones is 1. The van der Waals surface area contributed by atoms with Gasteiger partial charge in [-0.25, -0.2) is 0 Å². The maximum absolute atomic E-state index is 13.9. The van der Waals surface area contributed by atoms with Crippen molar-refractivity contribution in [3.8, 4) is 5.75 Å². The molecule has 1 aliphatic heterocycles. The van der Waals surface area contributed by atoms with Gasteiger partial charge in [-0.3, -0.25) is 14.5 Å². The van der Waals surface area contributed by atoms with Crippen LogP contribution in [-0.4, -0.2) is 38.0 Å². The van der Waals surface area contributed by atoms with Crippen LogP contribution in [0, 0.1) is 0 Å². The van der Waals surface area contributed by atoms with Crippen LogP contribution in [0.4, 0.5) is 24.5 Å². The molecular formula is C29H22ClF3N2O5. The van der Waals surface area contributed by atoms with Gasteiger partial charge in [0.25, 0.3) is 5.91 Å². The highest BCUT2D eigenvalue weighted by atomic mass is 35.5. The average Bonchev–Trinajstić information content (AvgIpc) is 3.46. The van der Waals surface area contributed by atoms with Crippen LogP contribution in [0.15, 0.2) is 82.5 Å². The van der Waals surface area contributed by atoms with Crippen molar-refractivity contribution in [3.63, 3.8) is 0 Å². The van der Waals surface area contributed by atoms with Crippen molar-refractivity contribution in [2.45, 2.75) is 12.2 Å². The summed E-state index contributed by atoms with van der Waals surface area (Å²) in [4.78, 5) is 30.1. The Morgan fingerprint density at radius 1 is 1.07 bits per heavy atom. The largest absolute Gasteiger partial charge is 0.503 e. The van der Waals surface area contributed by atoms with Gasteiger partial charge in [0.05, 0.1) is 24.3 Å². The first-order chi connectivity index (χ1) is 18.9. The summed E-state index contributed by atoms with van der Waals surface area (Å²) in [6, 6.07) is 14.1. The second kappa shape index (κ2) is 9.95. The van der Waals surface area contributed by atoms with E-state index in [2.05, 4.69) is 0 Å². The number of nitrogens with zero attached hydrogens (tertiary/aromatic N) is 2. The highest BCUT2D eigenvalue weighted by Gasteiger charge is 2.46. The molecule has 1 aromatic heterocycles. The summed E-state index contributed by atoms with van der Waals surface area (Å²) in [6.07, 6.45) is -4.68. The molecule has 0 bridgehead atoms. The third-order valence-electron chi connectivity index (χ3n) is 6.62. The molecule has 2 heterocycles. The second-order valence-electron chi connectivity index (χ2n) is 9.34. The summed E-state index contributed by atoms with van der Waals surface area (Å²) in [5.74, 6) is -2.69. The zero-order valence-electron chi connectivity index (χ0n) is 21.4. The van der Waals surface area contributed by atoms with Crippen molar-refractivity contribution >= 4 is 45.6 Å². The molecule has 0 saturated carbocycles. The summed E-state index contributed by atoms with van der Waals surface area (Å²) in [5.41, 5.74) is -0.0547. The smallest absolute Gasteiger partial charge is 0.416 e. The van der Waals surface area contributed by atoms with Gasteiger partial charge in [-0.05, 0) is 48.0 Å². The summed E-state index contributed by atoms with van der Waals surface area (Å²) < 4.78 is 51.7. The van der Waals surface area contributed by atoms with E-state index < -0.39 is 35.2 Å². The highest BCUT2D eigenvalue weighted by molar-refractivity contribution is 6.31. The fourth-order valence-corrected chi connectivity index (χ4v) is 4.90. The van der Waals surface area contributed by atoms with Crippen LogP contribution >= 0.6 is 11.6 Å². The van der Waals surface area contributed by atoms with Gasteiger partial charge in [0.2, 0.25) is 5.78 Å². The lowest BCUT2D eigenvalue weighted by Crippen LogP contribution is -2.31. The molecule has 0 fully saturated rings. The molecule has 1 aliphatic rings. The molecule has 1 atom stereocenters. The lowest BCUT2D eigenvalue weighted by atomic mass is 9.94. The fraction of sp³-hybridized carbons (Fsp3) is 0.172. The van der Waals surface area contributed by atoms with E-state index in [1.165, 1.54) is 25.3 Å². The van der Waals surface area contributed by atoms with Crippen molar-refractivity contribution in [3.05, 3.63) is 100.0 Å². The van der Waals surface area contributed by atoms with E-state index in [1.807, 2.05) is 19.0 Å². The lowest BCUT2D eigenvalue weighted by molar-refractivity contribution is -0.137. The van der Waals surface area contributed by atoms with E-state index in [0.29, 0.717) is 16.0 Å². The zero-order valence-corrected chi connectivity index (χ0v) is 22.2. The van der Waals surface area contributed by atoms with Crippen LogP contribution in [-0.2, 0) is 11.0 Å². The number of hydrogen-bond acceptors (Lipinski definition) is 6. The van der Waals surface area contributed by atoms with E-state index in [-0.39, 0.29) is 28.4 Å². The minimum Gasteiger partial charge on any atom is -0.503 e. The second-order valence-corrected chi connectivity index (χ2v) is 9.78. The number of alkyl halides is 3. The van der Waals surface area contributed by atoms with Crippen molar-refractivity contribution in [1.82, 2.24) is 0 Å². The molecule has 0 spiro atoms. The number of Topliss-reactive ketones (excluding diaryl/α,β-unsaturated/α-hetero) is 1. The number of benzene rings is 3. The Hall–Kier alpha value is -4.44. The highest BCUT2D eigenvalue weighted by Crippen LogP contribution is 2.44.